The van der Waals surface area contributed by atoms with Crippen LogP contribution in [0, 0.1) is 17.8 Å². The maximum Gasteiger partial charge on any atom is 0.246 e. The molecule has 6 rings (SSSR count). The van der Waals surface area contributed by atoms with Gasteiger partial charge in [-0.3, -0.25) is 48.2 Å². The summed E-state index contributed by atoms with van der Waals surface area (Å²) in [6.45, 7) is 2.54. The molecule has 8 unspecified atom stereocenters. The molecule has 0 radical (unpaired) electrons. The SMILES string of the molecule is CC1CC2C(=O)N3CC(N4C(=O)CC(C5NC(=O)C(C6CC(=O)N(C)C6=O)NC5=O)C4=O)CC3C(=O)N2C1. The van der Waals surface area contributed by atoms with Gasteiger partial charge in [-0.15, -0.1) is 0 Å². The number of nitrogens with zero attached hydrogens (tertiary/aromatic N) is 4. The standard InChI is InChI=1S/C24H28N6O8/c1-9-3-13-23(37)29-8-10(4-14(29)24(38)28(13)7-9)30-16(32)6-12(22(30)36)18-20(34)25-17(19(33)26-18)11-5-15(31)27(2)21(11)35/h9-14,17-18H,3-8H2,1-2H3,(H,25,34)(H,26,33). The molecule has 6 saturated heterocycles. The normalized spacial score (nSPS) is 39.3. The van der Waals surface area contributed by atoms with Crippen LogP contribution in [0.25, 0.3) is 0 Å². The molecular weight excluding hydrogens is 500 g/mol. The molecule has 8 amide bonds. The minimum atomic E-state index is -1.33. The predicted octanol–water partition coefficient (Wildman–Crippen LogP) is -3.43. The first-order valence-electron chi connectivity index (χ1n) is 12.9. The number of nitrogens with one attached hydrogen (secondary N) is 2. The molecule has 0 spiro atoms. The Morgan fingerprint density at radius 2 is 1.18 bits per heavy atom. The second kappa shape index (κ2) is 8.33. The third kappa shape index (κ3) is 3.38. The second-order valence-corrected chi connectivity index (χ2v) is 11.2. The molecule has 202 valence electrons. The lowest BCUT2D eigenvalue weighted by atomic mass is 9.90. The first-order chi connectivity index (χ1) is 18.0. The van der Waals surface area contributed by atoms with Gasteiger partial charge in [0.2, 0.25) is 47.3 Å². The van der Waals surface area contributed by atoms with E-state index in [0.717, 1.165) is 9.80 Å². The Hall–Kier alpha value is -3.84. The number of fused-ring (bicyclic) bond motifs is 2. The summed E-state index contributed by atoms with van der Waals surface area (Å²) in [5.74, 6) is -6.00. The zero-order valence-electron chi connectivity index (χ0n) is 20.9. The molecule has 6 aliphatic heterocycles. The Morgan fingerprint density at radius 3 is 1.76 bits per heavy atom. The van der Waals surface area contributed by atoms with E-state index in [1.165, 1.54) is 11.9 Å². The van der Waals surface area contributed by atoms with Gasteiger partial charge >= 0.3 is 0 Å². The number of carbonyl (C=O) groups excluding carboxylic acids is 8. The van der Waals surface area contributed by atoms with Gasteiger partial charge in [-0.1, -0.05) is 6.92 Å². The summed E-state index contributed by atoms with van der Waals surface area (Å²) in [6, 6.07) is -4.55. The average molecular weight is 529 g/mol. The van der Waals surface area contributed by atoms with Crippen molar-refractivity contribution in [1.82, 2.24) is 30.2 Å². The van der Waals surface area contributed by atoms with E-state index in [9.17, 15) is 38.4 Å². The van der Waals surface area contributed by atoms with E-state index in [1.807, 2.05) is 6.92 Å². The number of rotatable bonds is 3. The van der Waals surface area contributed by atoms with E-state index < -0.39 is 77.5 Å². The van der Waals surface area contributed by atoms with Gasteiger partial charge in [0, 0.05) is 33.0 Å². The van der Waals surface area contributed by atoms with Crippen molar-refractivity contribution in [2.75, 3.05) is 20.1 Å². The van der Waals surface area contributed by atoms with Crippen molar-refractivity contribution in [3.05, 3.63) is 0 Å². The third-order valence-corrected chi connectivity index (χ3v) is 8.89. The topological polar surface area (TPSA) is 174 Å². The quantitative estimate of drug-likeness (QED) is 0.356. The summed E-state index contributed by atoms with van der Waals surface area (Å²) in [6.07, 6.45) is 0.168. The summed E-state index contributed by atoms with van der Waals surface area (Å²) < 4.78 is 0. The van der Waals surface area contributed by atoms with Gasteiger partial charge in [0.1, 0.15) is 24.2 Å². The Kier molecular flexibility index (Phi) is 5.37. The largest absolute Gasteiger partial charge is 0.342 e. The van der Waals surface area contributed by atoms with Gasteiger partial charge in [-0.25, -0.2) is 0 Å². The number of hydrogen-bond acceptors (Lipinski definition) is 8. The number of likely N-dealkylation sites (tertiary alicyclic amines) is 2. The highest BCUT2D eigenvalue weighted by Crippen LogP contribution is 2.38. The highest BCUT2D eigenvalue weighted by molar-refractivity contribution is 6.11. The van der Waals surface area contributed by atoms with Crippen molar-refractivity contribution in [2.24, 2.45) is 17.8 Å². The molecule has 0 aromatic rings. The lowest BCUT2D eigenvalue weighted by molar-refractivity contribution is -0.157. The molecule has 6 fully saturated rings. The van der Waals surface area contributed by atoms with Gasteiger partial charge < -0.3 is 20.4 Å². The van der Waals surface area contributed by atoms with Crippen LogP contribution in [0.5, 0.6) is 0 Å². The monoisotopic (exact) mass is 528 g/mol. The number of piperazine rings is 2. The van der Waals surface area contributed by atoms with Crippen LogP contribution in [0.4, 0.5) is 0 Å². The van der Waals surface area contributed by atoms with Crippen molar-refractivity contribution in [3.8, 4) is 0 Å². The van der Waals surface area contributed by atoms with Crippen LogP contribution in [0.2, 0.25) is 0 Å². The summed E-state index contributed by atoms with van der Waals surface area (Å²) in [7, 11) is 1.30. The lowest BCUT2D eigenvalue weighted by Gasteiger charge is -2.38. The Labute approximate surface area is 217 Å². The van der Waals surface area contributed by atoms with Crippen LogP contribution in [0.15, 0.2) is 0 Å². The first-order valence-corrected chi connectivity index (χ1v) is 12.9. The zero-order chi connectivity index (χ0) is 27.2. The number of carbonyl (C=O) groups is 8. The van der Waals surface area contributed by atoms with Gasteiger partial charge in [0.25, 0.3) is 0 Å². The van der Waals surface area contributed by atoms with E-state index in [4.69, 9.17) is 0 Å². The third-order valence-electron chi connectivity index (χ3n) is 8.89. The predicted molar refractivity (Wildman–Crippen MR) is 123 cm³/mol. The van der Waals surface area contributed by atoms with E-state index in [1.54, 1.807) is 4.90 Å². The molecular formula is C24H28N6O8. The highest BCUT2D eigenvalue weighted by Gasteiger charge is 2.58. The Bertz CT molecular complexity index is 1190. The fourth-order valence-electron chi connectivity index (χ4n) is 6.93. The van der Waals surface area contributed by atoms with Crippen molar-refractivity contribution in [3.63, 3.8) is 0 Å². The summed E-state index contributed by atoms with van der Waals surface area (Å²) in [5, 5.41) is 4.95. The second-order valence-electron chi connectivity index (χ2n) is 11.2. The molecule has 38 heavy (non-hydrogen) atoms. The maximum atomic E-state index is 13.4. The molecule has 0 aromatic heterocycles. The molecule has 6 heterocycles. The number of imide groups is 2. The molecule has 2 N–H and O–H groups in total. The highest BCUT2D eigenvalue weighted by atomic mass is 16.2. The first kappa shape index (κ1) is 24.5. The molecule has 8 atom stereocenters. The number of hydrogen-bond donors (Lipinski definition) is 2. The summed E-state index contributed by atoms with van der Waals surface area (Å²) in [4.78, 5) is 108. The molecule has 6 aliphatic rings. The van der Waals surface area contributed by atoms with Crippen molar-refractivity contribution in [1.29, 1.82) is 0 Å². The van der Waals surface area contributed by atoms with Crippen LogP contribution in [-0.2, 0) is 38.4 Å². The Balaban J connectivity index is 1.15. The lowest BCUT2D eigenvalue weighted by Crippen LogP contribution is -2.66. The average Bonchev–Trinajstić information content (AvgIpc) is 3.61. The molecule has 0 aliphatic carbocycles. The van der Waals surface area contributed by atoms with Gasteiger partial charge in [-0.05, 0) is 18.8 Å². The fraction of sp³-hybridized carbons (Fsp3) is 0.667. The summed E-state index contributed by atoms with van der Waals surface area (Å²) in [5.41, 5.74) is 0. The molecule has 0 bridgehead atoms. The molecule has 0 aromatic carbocycles. The van der Waals surface area contributed by atoms with Crippen LogP contribution in [0.3, 0.4) is 0 Å². The molecule has 14 nitrogen and oxygen atoms in total. The van der Waals surface area contributed by atoms with Gasteiger partial charge in [0.05, 0.1) is 17.9 Å². The van der Waals surface area contributed by atoms with E-state index in [-0.39, 0.29) is 43.5 Å². The number of amides is 8. The van der Waals surface area contributed by atoms with E-state index in [2.05, 4.69) is 10.6 Å². The Morgan fingerprint density at radius 1 is 0.658 bits per heavy atom. The zero-order valence-corrected chi connectivity index (χ0v) is 20.9. The van der Waals surface area contributed by atoms with E-state index >= 15 is 0 Å². The van der Waals surface area contributed by atoms with Gasteiger partial charge in [0.15, 0.2) is 0 Å². The van der Waals surface area contributed by atoms with Crippen molar-refractivity contribution < 1.29 is 38.4 Å². The van der Waals surface area contributed by atoms with Crippen molar-refractivity contribution in [2.45, 2.75) is 62.8 Å². The minimum Gasteiger partial charge on any atom is -0.342 e. The van der Waals surface area contributed by atoms with Crippen LogP contribution >= 0.6 is 0 Å². The maximum absolute atomic E-state index is 13.4. The molecule has 0 saturated carbocycles. The summed E-state index contributed by atoms with van der Waals surface area (Å²) >= 11 is 0. The van der Waals surface area contributed by atoms with Crippen LogP contribution in [0.1, 0.15) is 32.6 Å². The molecule has 14 heteroatoms. The van der Waals surface area contributed by atoms with Crippen LogP contribution in [-0.4, -0.2) is 117 Å². The fourth-order valence-corrected chi connectivity index (χ4v) is 6.93. The van der Waals surface area contributed by atoms with Gasteiger partial charge in [-0.2, -0.15) is 0 Å². The van der Waals surface area contributed by atoms with Crippen LogP contribution < -0.4 is 10.6 Å². The van der Waals surface area contributed by atoms with E-state index in [0.29, 0.717) is 13.0 Å². The van der Waals surface area contributed by atoms with Crippen molar-refractivity contribution >= 4 is 47.3 Å². The smallest absolute Gasteiger partial charge is 0.246 e. The minimum absolute atomic E-state index is 0.0504.